The summed E-state index contributed by atoms with van der Waals surface area (Å²) in [6.45, 7) is 3.58. The van der Waals surface area contributed by atoms with Crippen molar-refractivity contribution in [1.82, 2.24) is 9.97 Å². The summed E-state index contributed by atoms with van der Waals surface area (Å²) < 4.78 is 5.43. The van der Waals surface area contributed by atoms with Gasteiger partial charge in [0.2, 0.25) is 5.95 Å². The molecule has 0 amide bonds. The first-order chi connectivity index (χ1) is 10.3. The summed E-state index contributed by atoms with van der Waals surface area (Å²) in [6.07, 6.45) is 3.30. The quantitative estimate of drug-likeness (QED) is 0.919. The van der Waals surface area contributed by atoms with Gasteiger partial charge in [0.25, 0.3) is 0 Å². The molecular weight excluding hydrogens is 266 g/mol. The highest BCUT2D eigenvalue weighted by atomic mass is 16.5. The first kappa shape index (κ1) is 13.5. The molecule has 0 radical (unpaired) electrons. The summed E-state index contributed by atoms with van der Waals surface area (Å²) in [4.78, 5) is 13.1. The number of methoxy groups -OCH3 is 1. The lowest BCUT2D eigenvalue weighted by molar-refractivity contribution is 0.413. The summed E-state index contributed by atoms with van der Waals surface area (Å²) in [5.41, 5.74) is 7.35. The Morgan fingerprint density at radius 2 is 1.62 bits per heavy atom. The molecule has 0 bridgehead atoms. The van der Waals surface area contributed by atoms with Crippen molar-refractivity contribution in [3.05, 3.63) is 36.7 Å². The number of rotatable bonds is 3. The highest BCUT2D eigenvalue weighted by Crippen LogP contribution is 2.28. The zero-order valence-electron chi connectivity index (χ0n) is 12.1. The minimum Gasteiger partial charge on any atom is -0.495 e. The Kier molecular flexibility index (Phi) is 3.77. The lowest BCUT2D eigenvalue weighted by atomic mass is 10.2. The van der Waals surface area contributed by atoms with Gasteiger partial charge in [-0.25, -0.2) is 9.97 Å². The molecule has 0 aliphatic carbocycles. The van der Waals surface area contributed by atoms with Gasteiger partial charge in [0.1, 0.15) is 5.75 Å². The Morgan fingerprint density at radius 3 is 2.29 bits per heavy atom. The summed E-state index contributed by atoms with van der Waals surface area (Å²) in [5, 5.41) is 0. The molecule has 1 aromatic heterocycles. The molecule has 1 saturated heterocycles. The molecule has 2 N–H and O–H groups in total. The van der Waals surface area contributed by atoms with Crippen molar-refractivity contribution in [1.29, 1.82) is 0 Å². The third kappa shape index (κ3) is 2.84. The van der Waals surface area contributed by atoms with Gasteiger partial charge in [-0.2, -0.15) is 0 Å². The number of ether oxygens (including phenoxy) is 1. The lowest BCUT2D eigenvalue weighted by Gasteiger charge is -2.36. The lowest BCUT2D eigenvalue weighted by Crippen LogP contribution is -2.47. The topological polar surface area (TPSA) is 67.5 Å². The highest BCUT2D eigenvalue weighted by molar-refractivity contribution is 5.59. The van der Waals surface area contributed by atoms with Crippen LogP contribution in [0.3, 0.4) is 0 Å². The standard InChI is InChI=1S/C15H19N5O/c1-21-14-5-3-2-4-13(14)19-6-8-20(9-7-19)15-17-10-12(16)11-18-15/h2-5,10-11H,6-9,16H2,1H3. The van der Waals surface area contributed by atoms with Gasteiger partial charge in [-0.15, -0.1) is 0 Å². The van der Waals surface area contributed by atoms with Crippen LogP contribution < -0.4 is 20.3 Å². The van der Waals surface area contributed by atoms with Crippen molar-refractivity contribution in [3.8, 4) is 5.75 Å². The van der Waals surface area contributed by atoms with E-state index in [1.807, 2.05) is 18.2 Å². The third-order valence-corrected chi connectivity index (χ3v) is 3.65. The van der Waals surface area contributed by atoms with E-state index in [1.165, 1.54) is 0 Å². The smallest absolute Gasteiger partial charge is 0.225 e. The van der Waals surface area contributed by atoms with Crippen LogP contribution in [0.1, 0.15) is 0 Å². The van der Waals surface area contributed by atoms with E-state index in [0.717, 1.165) is 43.6 Å². The Bertz CT molecular complexity index is 593. The minimum atomic E-state index is 0.589. The molecule has 1 aromatic carbocycles. The Labute approximate surface area is 124 Å². The van der Waals surface area contributed by atoms with E-state index < -0.39 is 0 Å². The second-order valence-electron chi connectivity index (χ2n) is 4.96. The second-order valence-corrected chi connectivity index (χ2v) is 4.96. The van der Waals surface area contributed by atoms with Crippen molar-refractivity contribution in [2.75, 3.05) is 48.8 Å². The van der Waals surface area contributed by atoms with Crippen LogP contribution >= 0.6 is 0 Å². The molecule has 6 heteroatoms. The second kappa shape index (κ2) is 5.87. The van der Waals surface area contributed by atoms with Crippen molar-refractivity contribution in [2.24, 2.45) is 0 Å². The Hall–Kier alpha value is -2.50. The van der Waals surface area contributed by atoms with E-state index in [9.17, 15) is 0 Å². The molecule has 3 rings (SSSR count). The van der Waals surface area contributed by atoms with Gasteiger partial charge < -0.3 is 20.3 Å². The van der Waals surface area contributed by atoms with Crippen LogP contribution in [0.2, 0.25) is 0 Å². The van der Waals surface area contributed by atoms with E-state index in [4.69, 9.17) is 10.5 Å². The normalized spacial score (nSPS) is 15.1. The number of piperazine rings is 1. The van der Waals surface area contributed by atoms with Gasteiger partial charge in [-0.3, -0.25) is 0 Å². The number of benzene rings is 1. The molecule has 2 aromatic rings. The number of para-hydroxylation sites is 2. The maximum absolute atomic E-state index is 5.62. The maximum Gasteiger partial charge on any atom is 0.225 e. The largest absolute Gasteiger partial charge is 0.495 e. The number of hydrogen-bond acceptors (Lipinski definition) is 6. The van der Waals surface area contributed by atoms with E-state index in [2.05, 4.69) is 25.8 Å². The van der Waals surface area contributed by atoms with E-state index >= 15 is 0 Å². The third-order valence-electron chi connectivity index (χ3n) is 3.65. The number of hydrogen-bond donors (Lipinski definition) is 1. The fourth-order valence-electron chi connectivity index (χ4n) is 2.53. The molecule has 0 unspecified atom stereocenters. The number of aromatic nitrogens is 2. The Balaban J connectivity index is 1.69. The monoisotopic (exact) mass is 285 g/mol. The minimum absolute atomic E-state index is 0.589. The summed E-state index contributed by atoms with van der Waals surface area (Å²) in [6, 6.07) is 8.10. The van der Waals surface area contributed by atoms with E-state index in [-0.39, 0.29) is 0 Å². The van der Waals surface area contributed by atoms with Gasteiger partial charge in [0.15, 0.2) is 0 Å². The zero-order chi connectivity index (χ0) is 14.7. The van der Waals surface area contributed by atoms with E-state index in [0.29, 0.717) is 5.69 Å². The predicted octanol–water partition coefficient (Wildman–Crippen LogP) is 1.39. The van der Waals surface area contributed by atoms with Crippen LogP contribution in [-0.4, -0.2) is 43.3 Å². The van der Waals surface area contributed by atoms with Crippen molar-refractivity contribution in [2.45, 2.75) is 0 Å². The zero-order valence-corrected chi connectivity index (χ0v) is 12.1. The van der Waals surface area contributed by atoms with Gasteiger partial charge in [0.05, 0.1) is 30.9 Å². The molecule has 1 aliphatic heterocycles. The SMILES string of the molecule is COc1ccccc1N1CCN(c2ncc(N)cn2)CC1. The van der Waals surface area contributed by atoms with Crippen LogP contribution in [0, 0.1) is 0 Å². The van der Waals surface area contributed by atoms with Crippen LogP contribution in [0.15, 0.2) is 36.7 Å². The fourth-order valence-corrected chi connectivity index (χ4v) is 2.53. The van der Waals surface area contributed by atoms with Crippen molar-refractivity contribution in [3.63, 3.8) is 0 Å². The number of anilines is 3. The predicted molar refractivity (Wildman–Crippen MR) is 83.9 cm³/mol. The summed E-state index contributed by atoms with van der Waals surface area (Å²) >= 11 is 0. The molecule has 0 spiro atoms. The number of nitrogen functional groups attached to an aromatic ring is 1. The van der Waals surface area contributed by atoms with E-state index in [1.54, 1.807) is 19.5 Å². The molecule has 2 heterocycles. The first-order valence-corrected chi connectivity index (χ1v) is 6.98. The number of nitrogens with two attached hydrogens (primary N) is 1. The first-order valence-electron chi connectivity index (χ1n) is 6.98. The highest BCUT2D eigenvalue weighted by Gasteiger charge is 2.20. The summed E-state index contributed by atoms with van der Waals surface area (Å²) in [7, 11) is 1.71. The average molecular weight is 285 g/mol. The van der Waals surface area contributed by atoms with Crippen molar-refractivity contribution < 1.29 is 4.74 Å². The molecule has 21 heavy (non-hydrogen) atoms. The van der Waals surface area contributed by atoms with Crippen LogP contribution in [-0.2, 0) is 0 Å². The molecule has 0 atom stereocenters. The van der Waals surface area contributed by atoms with Gasteiger partial charge in [-0.1, -0.05) is 12.1 Å². The van der Waals surface area contributed by atoms with Gasteiger partial charge in [0, 0.05) is 26.2 Å². The van der Waals surface area contributed by atoms with Crippen LogP contribution in [0.5, 0.6) is 5.75 Å². The molecule has 1 aliphatic rings. The van der Waals surface area contributed by atoms with Crippen molar-refractivity contribution >= 4 is 17.3 Å². The van der Waals surface area contributed by atoms with Gasteiger partial charge in [-0.05, 0) is 12.1 Å². The Morgan fingerprint density at radius 1 is 1.00 bits per heavy atom. The molecule has 6 nitrogen and oxygen atoms in total. The maximum atomic E-state index is 5.62. The van der Waals surface area contributed by atoms with Gasteiger partial charge >= 0.3 is 0 Å². The van der Waals surface area contributed by atoms with Crippen LogP contribution in [0.25, 0.3) is 0 Å². The van der Waals surface area contributed by atoms with Crippen LogP contribution in [0.4, 0.5) is 17.3 Å². The molecular formula is C15H19N5O. The molecule has 1 fully saturated rings. The number of nitrogens with zero attached hydrogens (tertiary/aromatic N) is 4. The fraction of sp³-hybridized carbons (Fsp3) is 0.333. The summed E-state index contributed by atoms with van der Waals surface area (Å²) in [5.74, 6) is 1.65. The molecule has 0 saturated carbocycles. The molecule has 110 valence electrons. The average Bonchev–Trinajstić information content (AvgIpc) is 2.56.